The van der Waals surface area contributed by atoms with Crippen LogP contribution in [0.3, 0.4) is 0 Å². The molecule has 7 rings (SSSR count). The van der Waals surface area contributed by atoms with Crippen LogP contribution in [0, 0.1) is 11.3 Å². The largest absolute Gasteiger partial charge is 0.0808 e. The van der Waals surface area contributed by atoms with Gasteiger partial charge in [0.15, 0.2) is 0 Å². The molecule has 160 valence electrons. The number of hydrogen-bond acceptors (Lipinski definition) is 0. The predicted molar refractivity (Wildman–Crippen MR) is 138 cm³/mol. The van der Waals surface area contributed by atoms with E-state index in [0.29, 0.717) is 11.8 Å². The second-order valence-corrected chi connectivity index (χ2v) is 10.6. The van der Waals surface area contributed by atoms with E-state index in [1.165, 1.54) is 50.1 Å². The molecule has 0 amide bonds. The molecule has 0 N–H and O–H groups in total. The van der Waals surface area contributed by atoms with Crippen molar-refractivity contribution in [3.63, 3.8) is 0 Å². The van der Waals surface area contributed by atoms with Crippen LogP contribution >= 0.6 is 0 Å². The van der Waals surface area contributed by atoms with E-state index in [0.717, 1.165) is 0 Å². The van der Waals surface area contributed by atoms with Gasteiger partial charge in [-0.05, 0) is 56.0 Å². The quantitative estimate of drug-likeness (QED) is 0.369. The molecule has 0 heteroatoms. The lowest BCUT2D eigenvalue weighted by atomic mass is 9.69. The molecule has 0 fully saturated rings. The fourth-order valence-corrected chi connectivity index (χ4v) is 7.10. The first-order chi connectivity index (χ1) is 16.0. The molecule has 3 aromatic carbocycles. The van der Waals surface area contributed by atoms with Gasteiger partial charge in [0.2, 0.25) is 0 Å². The summed E-state index contributed by atoms with van der Waals surface area (Å²) in [6.07, 6.45) is 14.0. The molecule has 0 heterocycles. The van der Waals surface area contributed by atoms with Crippen molar-refractivity contribution in [2.75, 3.05) is 0 Å². The number of hydrogen-bond donors (Lipinski definition) is 0. The molecule has 3 atom stereocenters. The van der Waals surface area contributed by atoms with Gasteiger partial charge in [-0.3, -0.25) is 0 Å². The van der Waals surface area contributed by atoms with Gasteiger partial charge in [0.25, 0.3) is 0 Å². The molecule has 0 radical (unpaired) electrons. The highest BCUT2D eigenvalue weighted by Crippen LogP contribution is 2.67. The van der Waals surface area contributed by atoms with Gasteiger partial charge in [-0.2, -0.15) is 0 Å². The smallest absolute Gasteiger partial charge is 0.0722 e. The Kier molecular flexibility index (Phi) is 3.68. The van der Waals surface area contributed by atoms with E-state index in [1.807, 2.05) is 0 Å². The molecule has 0 saturated carbocycles. The van der Waals surface area contributed by atoms with Gasteiger partial charge >= 0.3 is 0 Å². The van der Waals surface area contributed by atoms with Crippen molar-refractivity contribution in [3.8, 4) is 11.1 Å². The molecule has 0 aromatic heterocycles. The van der Waals surface area contributed by atoms with Crippen LogP contribution < -0.4 is 0 Å². The second kappa shape index (κ2) is 6.35. The number of fused-ring (bicyclic) bond motifs is 9. The fourth-order valence-electron chi connectivity index (χ4n) is 7.10. The Labute approximate surface area is 196 Å². The highest BCUT2D eigenvalue weighted by Gasteiger charge is 2.55. The van der Waals surface area contributed by atoms with E-state index in [1.54, 1.807) is 0 Å². The maximum Gasteiger partial charge on any atom is 0.0722 e. The summed E-state index contributed by atoms with van der Waals surface area (Å²) in [4.78, 5) is 0. The lowest BCUT2D eigenvalue weighted by Gasteiger charge is -2.32. The van der Waals surface area contributed by atoms with Crippen LogP contribution in [0.15, 0.2) is 109 Å². The third kappa shape index (κ3) is 2.22. The number of rotatable bonds is 1. The predicted octanol–water partition coefficient (Wildman–Crippen LogP) is 8.21. The van der Waals surface area contributed by atoms with E-state index in [4.69, 9.17) is 0 Å². The highest BCUT2D eigenvalue weighted by atomic mass is 14.6. The molecule has 4 aliphatic rings. The van der Waals surface area contributed by atoms with Crippen LogP contribution in [0.5, 0.6) is 0 Å². The summed E-state index contributed by atoms with van der Waals surface area (Å²) in [5.74, 6) is 0.884. The Morgan fingerprint density at radius 3 is 2.15 bits per heavy atom. The monoisotopic (exact) mass is 424 g/mol. The number of allylic oxidation sites excluding steroid dienone is 8. The Hall–Kier alpha value is -3.38. The summed E-state index contributed by atoms with van der Waals surface area (Å²) in [7, 11) is 0. The van der Waals surface area contributed by atoms with E-state index in [9.17, 15) is 0 Å². The van der Waals surface area contributed by atoms with Gasteiger partial charge in [-0.25, -0.2) is 0 Å². The van der Waals surface area contributed by atoms with Gasteiger partial charge in [0.1, 0.15) is 0 Å². The standard InChI is InChI=1S/C33H28/c1-21-11-4-5-12-22(21)23-15-10-18-28-30(23)24-13-6-8-16-26(24)33(28)27-17-9-7-14-25(27)31-29(33)19-20-32(31,2)3/h4-22H,1-3H3. The summed E-state index contributed by atoms with van der Waals surface area (Å²) in [5.41, 5.74) is 12.9. The van der Waals surface area contributed by atoms with Gasteiger partial charge < -0.3 is 0 Å². The third-order valence-electron chi connectivity index (χ3n) is 8.46. The fraction of sp³-hybridized carbons (Fsp3) is 0.212. The molecule has 3 aromatic rings. The van der Waals surface area contributed by atoms with Crippen molar-refractivity contribution < 1.29 is 0 Å². The van der Waals surface area contributed by atoms with Crippen LogP contribution in [-0.4, -0.2) is 0 Å². The Balaban J connectivity index is 1.62. The third-order valence-corrected chi connectivity index (χ3v) is 8.46. The van der Waals surface area contributed by atoms with E-state index < -0.39 is 0 Å². The van der Waals surface area contributed by atoms with Crippen LogP contribution in [0.25, 0.3) is 16.7 Å². The lowest BCUT2D eigenvalue weighted by molar-refractivity contribution is 0.635. The van der Waals surface area contributed by atoms with Crippen molar-refractivity contribution in [2.45, 2.75) is 32.1 Å². The van der Waals surface area contributed by atoms with Crippen molar-refractivity contribution >= 4 is 5.57 Å². The first-order valence-electron chi connectivity index (χ1n) is 12.2. The molecule has 0 saturated heterocycles. The zero-order valence-corrected chi connectivity index (χ0v) is 19.5. The Morgan fingerprint density at radius 2 is 1.36 bits per heavy atom. The minimum atomic E-state index is -0.227. The Bertz CT molecular complexity index is 1450. The first kappa shape index (κ1) is 19.1. The lowest BCUT2D eigenvalue weighted by Crippen LogP contribution is -2.26. The average molecular weight is 425 g/mol. The van der Waals surface area contributed by atoms with Gasteiger partial charge in [0.05, 0.1) is 5.41 Å². The van der Waals surface area contributed by atoms with E-state index in [-0.39, 0.29) is 10.8 Å². The SMILES string of the molecule is CC1C=CC=CC1c1cccc2c1-c1ccccc1C21C2=C(c3ccccc31)C(C)(C)C=C2. The van der Waals surface area contributed by atoms with E-state index >= 15 is 0 Å². The van der Waals surface area contributed by atoms with Crippen molar-refractivity contribution in [2.24, 2.45) is 11.3 Å². The molecule has 0 aliphatic heterocycles. The highest BCUT2D eigenvalue weighted by molar-refractivity contribution is 5.99. The summed E-state index contributed by atoms with van der Waals surface area (Å²) >= 11 is 0. The summed E-state index contributed by atoms with van der Waals surface area (Å²) < 4.78 is 0. The van der Waals surface area contributed by atoms with Crippen LogP contribution in [0.2, 0.25) is 0 Å². The minimum Gasteiger partial charge on any atom is -0.0808 e. The van der Waals surface area contributed by atoms with Crippen molar-refractivity contribution in [1.29, 1.82) is 0 Å². The normalized spacial score (nSPS) is 27.1. The number of benzene rings is 3. The molecule has 1 spiro atoms. The van der Waals surface area contributed by atoms with Crippen LogP contribution in [-0.2, 0) is 5.41 Å². The summed E-state index contributed by atoms with van der Waals surface area (Å²) in [6.45, 7) is 7.07. The van der Waals surface area contributed by atoms with Crippen molar-refractivity contribution in [3.05, 3.63) is 137 Å². The van der Waals surface area contributed by atoms with Gasteiger partial charge in [-0.1, -0.05) is 124 Å². The van der Waals surface area contributed by atoms with Crippen LogP contribution in [0.4, 0.5) is 0 Å². The molecule has 3 unspecified atom stereocenters. The zero-order chi connectivity index (χ0) is 22.4. The van der Waals surface area contributed by atoms with Gasteiger partial charge in [0, 0.05) is 11.3 Å². The zero-order valence-electron chi connectivity index (χ0n) is 19.5. The summed E-state index contributed by atoms with van der Waals surface area (Å²) in [5, 5.41) is 0. The summed E-state index contributed by atoms with van der Waals surface area (Å²) in [6, 6.07) is 25.4. The van der Waals surface area contributed by atoms with Crippen LogP contribution in [0.1, 0.15) is 54.5 Å². The van der Waals surface area contributed by atoms with Gasteiger partial charge in [-0.15, -0.1) is 0 Å². The van der Waals surface area contributed by atoms with E-state index in [2.05, 4.69) is 124 Å². The first-order valence-corrected chi connectivity index (χ1v) is 12.2. The van der Waals surface area contributed by atoms with Crippen molar-refractivity contribution in [1.82, 2.24) is 0 Å². The maximum absolute atomic E-state index is 2.43. The Morgan fingerprint density at radius 1 is 0.697 bits per heavy atom. The topological polar surface area (TPSA) is 0 Å². The molecule has 0 bridgehead atoms. The molecule has 33 heavy (non-hydrogen) atoms. The molecular formula is C33H28. The average Bonchev–Trinajstić information content (AvgIpc) is 3.43. The maximum atomic E-state index is 2.43. The molecule has 4 aliphatic carbocycles. The minimum absolute atomic E-state index is 0.0374. The molecule has 0 nitrogen and oxygen atoms in total. The second-order valence-electron chi connectivity index (χ2n) is 10.6. The molecular weight excluding hydrogens is 396 g/mol.